The number of nitrogens with zero attached hydrogens (tertiary/aromatic N) is 10. The molecule has 0 atom stereocenters. The van der Waals surface area contributed by atoms with Gasteiger partial charge in [0.15, 0.2) is 0 Å². The molecule has 5 aromatic heterocycles. The average Bonchev–Trinajstić information content (AvgIpc) is 1.58. The molecule has 0 spiro atoms. The van der Waals surface area contributed by atoms with E-state index in [9.17, 15) is 65.9 Å². The summed E-state index contributed by atoms with van der Waals surface area (Å²) in [6.45, 7) is 26.7. The third kappa shape index (κ3) is 28.6. The summed E-state index contributed by atoms with van der Waals surface area (Å²) < 4.78 is 205. The number of imidazole rings is 5. The molecule has 0 amide bonds. The number of alkyl halides is 15. The molecule has 33 heteroatoms. The van der Waals surface area contributed by atoms with Crippen LogP contribution < -0.4 is 26.6 Å². The minimum atomic E-state index is -4.49. The highest BCUT2D eigenvalue weighted by molar-refractivity contribution is 6.36. The number of hydrogen-bond donors (Lipinski definition) is 5. The molecule has 14 aromatic rings. The second-order valence-electron chi connectivity index (χ2n) is 34.4. The Labute approximate surface area is 787 Å². The van der Waals surface area contributed by atoms with E-state index in [1.54, 1.807) is 0 Å². The maximum atomic E-state index is 13.2. The first-order chi connectivity index (χ1) is 63.5. The van der Waals surface area contributed by atoms with Crippen molar-refractivity contribution in [2.45, 2.75) is 260 Å². The van der Waals surface area contributed by atoms with Crippen LogP contribution in [0.4, 0.5) is 101 Å². The van der Waals surface area contributed by atoms with Crippen molar-refractivity contribution in [1.29, 1.82) is 0 Å². The van der Waals surface area contributed by atoms with Crippen LogP contribution in [0.25, 0.3) is 66.3 Å². The molecule has 0 unspecified atom stereocenters. The summed E-state index contributed by atoms with van der Waals surface area (Å²) >= 11 is 18.6. The predicted molar refractivity (Wildman–Crippen MR) is 516 cm³/mol. The molecule has 0 aliphatic rings. The van der Waals surface area contributed by atoms with Crippen molar-refractivity contribution < 1.29 is 65.9 Å². The van der Waals surface area contributed by atoms with Crippen LogP contribution in [0.3, 0.4) is 0 Å². The zero-order chi connectivity index (χ0) is 97.6. The molecule has 0 saturated heterocycles. The molecule has 0 radical (unpaired) electrons. The van der Waals surface area contributed by atoms with Gasteiger partial charge in [-0.25, -0.2) is 24.9 Å². The highest BCUT2D eigenvalue weighted by atomic mass is 35.5. The molecule has 15 nitrogen and oxygen atoms in total. The van der Waals surface area contributed by atoms with E-state index in [2.05, 4.69) is 65.4 Å². The van der Waals surface area contributed by atoms with Crippen molar-refractivity contribution in [1.82, 2.24) is 47.8 Å². The normalized spacial score (nSPS) is 12.1. The average molecular weight is 1930 g/mol. The van der Waals surface area contributed by atoms with Crippen LogP contribution >= 0.6 is 34.8 Å². The zero-order valence-corrected chi connectivity index (χ0v) is 79.5. The molecule has 0 aliphatic carbocycles. The zero-order valence-electron chi connectivity index (χ0n) is 77.2. The molecule has 0 bridgehead atoms. The van der Waals surface area contributed by atoms with E-state index in [4.69, 9.17) is 34.8 Å². The highest BCUT2D eigenvalue weighted by Gasteiger charge is 2.37. The van der Waals surface area contributed by atoms with Crippen molar-refractivity contribution in [3.8, 4) is 11.1 Å². The van der Waals surface area contributed by atoms with Crippen LogP contribution in [-0.2, 0) is 44.0 Å². The smallest absolute Gasteiger partial charge is 0.356 e. The number of nitrogens with one attached hydrogen (secondary N) is 5. The van der Waals surface area contributed by atoms with Crippen LogP contribution in [0, 0.1) is 0 Å². The molecular weight excluding hydrogens is 1810 g/mol. The number of rotatable bonds is 34. The summed E-state index contributed by atoms with van der Waals surface area (Å²) in [6, 6.07) is 50.9. The van der Waals surface area contributed by atoms with Gasteiger partial charge in [0, 0.05) is 62.1 Å². The van der Waals surface area contributed by atoms with Crippen LogP contribution in [0.5, 0.6) is 0 Å². The molecule has 0 aliphatic heterocycles. The molecule has 9 aromatic carbocycles. The monoisotopic (exact) mass is 1930 g/mol. The van der Waals surface area contributed by atoms with Crippen LogP contribution in [0.2, 0.25) is 15.1 Å². The third-order valence-electron chi connectivity index (χ3n) is 22.3. The lowest BCUT2D eigenvalue weighted by molar-refractivity contribution is -0.138. The topological polar surface area (TPSA) is 149 Å². The Morgan fingerprint density at radius 2 is 0.545 bits per heavy atom. The van der Waals surface area contributed by atoms with Crippen LogP contribution in [0.1, 0.15) is 255 Å². The molecule has 0 fully saturated rings. The van der Waals surface area contributed by atoms with Crippen molar-refractivity contribution in [2.75, 3.05) is 39.7 Å². The quantitative estimate of drug-likeness (QED) is 0.0195. The lowest BCUT2D eigenvalue weighted by atomic mass is 10.1. The van der Waals surface area contributed by atoms with E-state index in [0.717, 1.165) is 126 Å². The van der Waals surface area contributed by atoms with Crippen molar-refractivity contribution >= 4 is 125 Å². The fraction of sp³-hybridized carbons (Fsp3) is 0.416. The number of fused-ring (bicyclic) bond motifs is 5. The number of unbranched alkanes of at least 4 members (excludes halogenated alkanes) is 14. The lowest BCUT2D eigenvalue weighted by Gasteiger charge is -2.15. The third-order valence-corrected chi connectivity index (χ3v) is 23.1. The van der Waals surface area contributed by atoms with E-state index in [-0.39, 0.29) is 61.8 Å². The standard InChI is InChI=1S/C23H19ClF3N3.C21H31ClF3N3.C21H32F3N3.C18H17ClF3N3.C18H18F3N3/c1-14(2)30-21-19(24)12-17(23(25,26)27)13-20(21)29-22(30)28-18-10-8-16(9-11-18)15-6-4-3-5-7-15;1-4-5-6-7-8-9-10-11-12-26-20-27-18-14-16(21(23,24)25)13-17(22)19(18)28(20)15(2)3;1-4-5-6-7-8-9-10-11-14-25-20-26-18-15-17(21(22,23)24)12-13-19(18)27(20)16(2)3;1-11(2)25-16-14(19)8-13(18(20,21)22)9-15(16)24-17(25)23-10-12-6-4-3-5-7-12;1-12(2)24-16-9-8-14(18(19,20)21)10-15(16)23-17(24)22-11-13-6-4-3-5-7-13/h3-14H,1-2H3,(H,28,29);13-15H,4-12H2,1-3H3,(H,26,27);12-13,15-16H,4-11,14H2,1-3H3,(H,25,26);3-9,11H,10H2,1-2H3,(H,23,24);3-10,12H,11H2,1-2H3,(H,22,23). The van der Waals surface area contributed by atoms with Gasteiger partial charge < -0.3 is 49.4 Å². The molecule has 14 rings (SSSR count). The van der Waals surface area contributed by atoms with Gasteiger partial charge in [0.05, 0.1) is 98.1 Å². The van der Waals surface area contributed by atoms with Gasteiger partial charge in [-0.1, -0.05) is 242 Å². The Kier molecular flexibility index (Phi) is 37.3. The van der Waals surface area contributed by atoms with Gasteiger partial charge in [0.2, 0.25) is 29.7 Å². The molecule has 722 valence electrons. The van der Waals surface area contributed by atoms with E-state index < -0.39 is 58.7 Å². The van der Waals surface area contributed by atoms with Crippen LogP contribution in [0.15, 0.2) is 188 Å². The first-order valence-electron chi connectivity index (χ1n) is 45.5. The minimum absolute atomic E-state index is 0.0162. The molecule has 5 heterocycles. The van der Waals surface area contributed by atoms with E-state index in [1.807, 2.05) is 207 Å². The second kappa shape index (κ2) is 47.6. The van der Waals surface area contributed by atoms with Gasteiger partial charge in [0.1, 0.15) is 0 Å². The number of benzene rings is 9. The summed E-state index contributed by atoms with van der Waals surface area (Å²) in [4.78, 5) is 22.0. The van der Waals surface area contributed by atoms with E-state index >= 15 is 0 Å². The fourth-order valence-corrected chi connectivity index (χ4v) is 16.6. The predicted octanol–water partition coefficient (Wildman–Crippen LogP) is 33.9. The Bertz CT molecular complexity index is 6050. The Morgan fingerprint density at radius 1 is 0.276 bits per heavy atom. The summed E-state index contributed by atoms with van der Waals surface area (Å²) in [5.74, 6) is 2.74. The lowest BCUT2D eigenvalue weighted by Crippen LogP contribution is -2.11. The van der Waals surface area contributed by atoms with E-state index in [1.165, 1.54) is 95.6 Å². The maximum Gasteiger partial charge on any atom is 0.416 e. The minimum Gasteiger partial charge on any atom is -0.356 e. The Balaban J connectivity index is 0.000000174. The first-order valence-corrected chi connectivity index (χ1v) is 46.6. The van der Waals surface area contributed by atoms with Gasteiger partial charge in [-0.15, -0.1) is 0 Å². The second-order valence-corrected chi connectivity index (χ2v) is 35.6. The summed E-state index contributed by atoms with van der Waals surface area (Å²) in [6.07, 6.45) is -2.33. The van der Waals surface area contributed by atoms with Gasteiger partial charge in [-0.2, -0.15) is 65.9 Å². The maximum absolute atomic E-state index is 13.2. The highest BCUT2D eigenvalue weighted by Crippen LogP contribution is 2.44. The van der Waals surface area contributed by atoms with Gasteiger partial charge in [0.25, 0.3) is 0 Å². The number of aromatic nitrogens is 10. The van der Waals surface area contributed by atoms with Crippen molar-refractivity contribution in [3.05, 3.63) is 242 Å². The van der Waals surface area contributed by atoms with Crippen molar-refractivity contribution in [2.24, 2.45) is 0 Å². The largest absolute Gasteiger partial charge is 0.416 e. The fourth-order valence-electron chi connectivity index (χ4n) is 15.7. The number of anilines is 6. The van der Waals surface area contributed by atoms with Crippen molar-refractivity contribution in [3.63, 3.8) is 0 Å². The molecular formula is C101H117Cl3F15N15. The van der Waals surface area contributed by atoms with Gasteiger partial charge >= 0.3 is 30.9 Å². The first kappa shape index (κ1) is 105. The molecule has 0 saturated carbocycles. The SMILES string of the molecule is CC(C)n1c(NCc2ccccc2)nc2cc(C(F)(F)F)cc(Cl)c21.CC(C)n1c(NCc2ccccc2)nc2cc(C(F)(F)F)ccc21.CC(C)n1c(Nc2ccc(-c3ccccc3)cc2)nc2cc(C(F)(F)F)cc(Cl)c21.CCCCCCCCCCNc1nc2cc(C(F)(F)F)cc(Cl)c2n1C(C)C.CCCCCCCCCCNc1nc2cc(C(F)(F)F)ccc2n1C(C)C. The number of hydrogen-bond acceptors (Lipinski definition) is 10. The summed E-state index contributed by atoms with van der Waals surface area (Å²) in [5, 5.41) is 16.4. The van der Waals surface area contributed by atoms with Gasteiger partial charge in [-0.05, 0) is 189 Å². The Hall–Kier alpha value is -10.9. The van der Waals surface area contributed by atoms with Gasteiger partial charge in [-0.3, -0.25) is 0 Å². The number of halogens is 18. The molecule has 134 heavy (non-hydrogen) atoms. The Morgan fingerprint density at radius 3 is 0.873 bits per heavy atom. The van der Waals surface area contributed by atoms with E-state index in [0.29, 0.717) is 75.9 Å². The summed E-state index contributed by atoms with van der Waals surface area (Å²) in [7, 11) is 0. The molecule has 5 N–H and O–H groups in total. The summed E-state index contributed by atoms with van der Waals surface area (Å²) in [5.41, 5.74) is 5.72. The van der Waals surface area contributed by atoms with Crippen LogP contribution in [-0.4, -0.2) is 60.8 Å².